The normalized spacial score (nSPS) is 27.8. The molecular formula is C5H5F2N. The average molecular weight is 117 g/mol. The molecule has 1 aliphatic rings. The summed E-state index contributed by atoms with van der Waals surface area (Å²) in [6.07, 6.45) is 0.920. The summed E-state index contributed by atoms with van der Waals surface area (Å²) in [5.74, 6) is -0.445. The number of hydrogen-bond acceptors (Lipinski definition) is 1. The van der Waals surface area contributed by atoms with Gasteiger partial charge in [-0.15, -0.1) is 0 Å². The minimum atomic E-state index is -1.23. The van der Waals surface area contributed by atoms with Crippen LogP contribution in [0.4, 0.5) is 8.78 Å². The zero-order valence-electron chi connectivity index (χ0n) is 4.14. The molecule has 1 heterocycles. The highest BCUT2D eigenvalue weighted by Gasteiger charge is 2.05. The van der Waals surface area contributed by atoms with E-state index in [1.807, 2.05) is 0 Å². The molecule has 1 aliphatic heterocycles. The summed E-state index contributed by atoms with van der Waals surface area (Å²) in [7, 11) is 0. The van der Waals surface area contributed by atoms with Crippen molar-refractivity contribution in [3.63, 3.8) is 0 Å². The summed E-state index contributed by atoms with van der Waals surface area (Å²) in [5.41, 5.74) is 0. The molecule has 0 saturated carbocycles. The first-order valence-corrected chi connectivity index (χ1v) is 2.32. The van der Waals surface area contributed by atoms with Crippen LogP contribution < -0.4 is 0 Å². The van der Waals surface area contributed by atoms with E-state index >= 15 is 0 Å². The lowest BCUT2D eigenvalue weighted by Gasteiger charge is -2.00. The van der Waals surface area contributed by atoms with Crippen molar-refractivity contribution in [2.24, 2.45) is 4.99 Å². The van der Waals surface area contributed by atoms with E-state index in [2.05, 4.69) is 4.99 Å². The highest BCUT2D eigenvalue weighted by molar-refractivity contribution is 5.76. The second-order valence-corrected chi connectivity index (χ2v) is 1.54. The summed E-state index contributed by atoms with van der Waals surface area (Å²) < 4.78 is 23.8. The lowest BCUT2D eigenvalue weighted by molar-refractivity contribution is 0.346. The van der Waals surface area contributed by atoms with Crippen LogP contribution in [0.15, 0.2) is 16.9 Å². The fraction of sp³-hybridized carbons (Fsp3) is 0.400. The van der Waals surface area contributed by atoms with Crippen molar-refractivity contribution in [2.45, 2.75) is 12.7 Å². The Kier molecular flexibility index (Phi) is 1.37. The van der Waals surface area contributed by atoms with E-state index in [1.165, 1.54) is 6.08 Å². The van der Waals surface area contributed by atoms with Crippen molar-refractivity contribution < 1.29 is 8.78 Å². The smallest absolute Gasteiger partial charge is 0.193 e. The topological polar surface area (TPSA) is 12.4 Å². The number of dihydropyridines is 1. The van der Waals surface area contributed by atoms with Crippen LogP contribution in [0.2, 0.25) is 0 Å². The molecule has 0 aromatic heterocycles. The van der Waals surface area contributed by atoms with Crippen molar-refractivity contribution in [1.82, 2.24) is 0 Å². The molecule has 8 heavy (non-hydrogen) atoms. The molecule has 1 rings (SSSR count). The van der Waals surface area contributed by atoms with Crippen LogP contribution in [0.1, 0.15) is 6.42 Å². The molecule has 0 bridgehead atoms. The summed E-state index contributed by atoms with van der Waals surface area (Å²) in [6, 6.07) is 0. The van der Waals surface area contributed by atoms with E-state index in [-0.39, 0.29) is 6.42 Å². The first kappa shape index (κ1) is 5.41. The number of halogens is 2. The second-order valence-electron chi connectivity index (χ2n) is 1.54. The molecule has 0 saturated heterocycles. The van der Waals surface area contributed by atoms with Gasteiger partial charge in [0.25, 0.3) is 0 Å². The van der Waals surface area contributed by atoms with Gasteiger partial charge in [0.2, 0.25) is 0 Å². The molecule has 0 aromatic carbocycles. The quantitative estimate of drug-likeness (QED) is 0.427. The molecule has 0 spiro atoms. The first-order chi connectivity index (χ1) is 3.79. The average Bonchev–Trinajstić information content (AvgIpc) is 1.77. The molecule has 1 atom stereocenters. The number of alkyl halides is 1. The van der Waals surface area contributed by atoms with E-state index in [0.717, 1.165) is 6.21 Å². The van der Waals surface area contributed by atoms with Crippen LogP contribution in [0, 0.1) is 0 Å². The van der Waals surface area contributed by atoms with Gasteiger partial charge in [-0.25, -0.2) is 8.78 Å². The number of allylic oxidation sites excluding steroid dienone is 1. The van der Waals surface area contributed by atoms with Crippen LogP contribution >= 0.6 is 0 Å². The zero-order valence-corrected chi connectivity index (χ0v) is 4.14. The SMILES string of the molecule is FC1=CCC(F)N=C1. The molecule has 0 radical (unpaired) electrons. The Bertz CT molecular complexity index is 139. The predicted octanol–water partition coefficient (Wildman–Crippen LogP) is 1.61. The summed E-state index contributed by atoms with van der Waals surface area (Å²) in [4.78, 5) is 3.18. The lowest BCUT2D eigenvalue weighted by atomic mass is 10.3. The Hall–Kier alpha value is -0.730. The van der Waals surface area contributed by atoms with Crippen LogP contribution in [-0.2, 0) is 0 Å². The maximum Gasteiger partial charge on any atom is 0.193 e. The van der Waals surface area contributed by atoms with Crippen LogP contribution in [0.3, 0.4) is 0 Å². The van der Waals surface area contributed by atoms with Gasteiger partial charge < -0.3 is 0 Å². The minimum Gasteiger partial charge on any atom is -0.253 e. The highest BCUT2D eigenvalue weighted by atomic mass is 19.1. The van der Waals surface area contributed by atoms with Gasteiger partial charge in [0.1, 0.15) is 5.83 Å². The van der Waals surface area contributed by atoms with E-state index < -0.39 is 12.1 Å². The van der Waals surface area contributed by atoms with Crippen molar-refractivity contribution in [3.8, 4) is 0 Å². The molecule has 0 aromatic rings. The maximum atomic E-state index is 11.9. The minimum absolute atomic E-state index is 0.0718. The molecule has 0 fully saturated rings. The lowest BCUT2D eigenvalue weighted by Crippen LogP contribution is -1.99. The number of hydrogen-bond donors (Lipinski definition) is 0. The Morgan fingerprint density at radius 2 is 2.50 bits per heavy atom. The molecule has 0 aliphatic carbocycles. The highest BCUT2D eigenvalue weighted by Crippen LogP contribution is 2.09. The molecule has 1 unspecified atom stereocenters. The van der Waals surface area contributed by atoms with Crippen LogP contribution in [0.25, 0.3) is 0 Å². The maximum absolute atomic E-state index is 11.9. The fourth-order valence-corrected chi connectivity index (χ4v) is 0.475. The molecule has 3 heteroatoms. The van der Waals surface area contributed by atoms with Crippen molar-refractivity contribution in [3.05, 3.63) is 11.9 Å². The van der Waals surface area contributed by atoms with Gasteiger partial charge >= 0.3 is 0 Å². The molecule has 44 valence electrons. The zero-order chi connectivity index (χ0) is 5.98. The Labute approximate surface area is 45.7 Å². The summed E-state index contributed by atoms with van der Waals surface area (Å²) >= 11 is 0. The Morgan fingerprint density at radius 1 is 1.75 bits per heavy atom. The van der Waals surface area contributed by atoms with Crippen molar-refractivity contribution in [2.75, 3.05) is 0 Å². The van der Waals surface area contributed by atoms with Gasteiger partial charge in [0.15, 0.2) is 6.30 Å². The summed E-state index contributed by atoms with van der Waals surface area (Å²) in [6.45, 7) is 0. The van der Waals surface area contributed by atoms with Gasteiger partial charge in [-0.3, -0.25) is 4.99 Å². The fourth-order valence-electron chi connectivity index (χ4n) is 0.475. The van der Waals surface area contributed by atoms with E-state index in [1.54, 1.807) is 0 Å². The van der Waals surface area contributed by atoms with E-state index in [0.29, 0.717) is 0 Å². The third-order valence-corrected chi connectivity index (χ3v) is 0.867. The van der Waals surface area contributed by atoms with Crippen molar-refractivity contribution >= 4 is 6.21 Å². The molecular weight excluding hydrogens is 112 g/mol. The van der Waals surface area contributed by atoms with E-state index in [4.69, 9.17) is 0 Å². The number of rotatable bonds is 0. The van der Waals surface area contributed by atoms with Gasteiger partial charge in [-0.2, -0.15) is 0 Å². The first-order valence-electron chi connectivity index (χ1n) is 2.32. The predicted molar refractivity (Wildman–Crippen MR) is 27.2 cm³/mol. The van der Waals surface area contributed by atoms with Gasteiger partial charge in [0.05, 0.1) is 6.21 Å². The third-order valence-electron chi connectivity index (χ3n) is 0.867. The van der Waals surface area contributed by atoms with Crippen LogP contribution in [-0.4, -0.2) is 12.5 Å². The Balaban J connectivity index is 2.58. The van der Waals surface area contributed by atoms with E-state index in [9.17, 15) is 8.78 Å². The summed E-state index contributed by atoms with van der Waals surface area (Å²) in [5, 5.41) is 0. The number of nitrogens with zero attached hydrogens (tertiary/aromatic N) is 1. The third kappa shape index (κ3) is 1.12. The van der Waals surface area contributed by atoms with Gasteiger partial charge in [0, 0.05) is 6.42 Å². The monoisotopic (exact) mass is 117 g/mol. The largest absolute Gasteiger partial charge is 0.253 e. The Morgan fingerprint density at radius 3 is 2.88 bits per heavy atom. The molecule has 0 N–H and O–H groups in total. The number of aliphatic imine (C=N–C) groups is 1. The molecule has 1 nitrogen and oxygen atoms in total. The van der Waals surface area contributed by atoms with Crippen LogP contribution in [0.5, 0.6) is 0 Å². The standard InChI is InChI=1S/C5H5F2N/c6-4-1-2-5(7)8-3-4/h1,3,5H,2H2. The molecule has 0 amide bonds. The van der Waals surface area contributed by atoms with Crippen molar-refractivity contribution in [1.29, 1.82) is 0 Å². The second kappa shape index (κ2) is 2.03. The van der Waals surface area contributed by atoms with Gasteiger partial charge in [-0.1, -0.05) is 0 Å². The van der Waals surface area contributed by atoms with Gasteiger partial charge in [-0.05, 0) is 6.08 Å².